The normalized spacial score (nSPS) is 12.1. The Bertz CT molecular complexity index is 765. The number of carbonyl (C=O) groups excluding carboxylic acids is 2. The molecule has 0 aliphatic heterocycles. The fourth-order valence-electron chi connectivity index (χ4n) is 7.20. The van der Waals surface area contributed by atoms with Crippen molar-refractivity contribution >= 4 is 11.9 Å². The first kappa shape index (κ1) is 51.6. The maximum absolute atomic E-state index is 12.2. The van der Waals surface area contributed by atoms with E-state index in [1.807, 2.05) is 0 Å². The molecule has 0 radical (unpaired) electrons. The fourth-order valence-corrected chi connectivity index (χ4v) is 7.20. The molecule has 5 heteroatoms. The van der Waals surface area contributed by atoms with Crippen molar-refractivity contribution in [3.63, 3.8) is 0 Å². The second-order valence-corrected chi connectivity index (χ2v) is 16.2. The van der Waals surface area contributed by atoms with E-state index < -0.39 is 6.10 Å². The Morgan fingerprint density at radius 3 is 1.02 bits per heavy atom. The molecule has 0 unspecified atom stereocenters. The summed E-state index contributed by atoms with van der Waals surface area (Å²) in [5.74, 6) is -0.576. The van der Waals surface area contributed by atoms with Crippen LogP contribution in [0.5, 0.6) is 0 Å². The van der Waals surface area contributed by atoms with Gasteiger partial charge in [-0.15, -0.1) is 0 Å². The van der Waals surface area contributed by atoms with E-state index in [4.69, 9.17) is 9.47 Å². The molecule has 0 heterocycles. The molecule has 0 aromatic carbocycles. The van der Waals surface area contributed by atoms with Crippen molar-refractivity contribution in [2.45, 2.75) is 270 Å². The second-order valence-electron chi connectivity index (χ2n) is 16.2. The summed E-state index contributed by atoms with van der Waals surface area (Å²) in [5, 5.41) is 9.60. The van der Waals surface area contributed by atoms with Gasteiger partial charge in [0.15, 0.2) is 6.10 Å². The van der Waals surface area contributed by atoms with Gasteiger partial charge in [-0.25, -0.2) is 0 Å². The molecule has 0 rings (SSSR count). The Morgan fingerprint density at radius 1 is 0.415 bits per heavy atom. The maximum atomic E-state index is 12.2. The van der Waals surface area contributed by atoms with Crippen molar-refractivity contribution < 1.29 is 24.2 Å². The number of aliphatic hydroxyl groups excluding tert-OH is 1. The van der Waals surface area contributed by atoms with Crippen LogP contribution in [-0.2, 0) is 19.1 Å². The fraction of sp³-hybridized carbons (Fsp3) is 0.917. The molecule has 314 valence electrons. The average Bonchev–Trinajstić information content (AvgIpc) is 3.16. The minimum Gasteiger partial charge on any atom is -0.462 e. The van der Waals surface area contributed by atoms with Crippen molar-refractivity contribution in [1.29, 1.82) is 0 Å². The average molecular weight is 749 g/mol. The van der Waals surface area contributed by atoms with Crippen LogP contribution in [-0.4, -0.2) is 36.4 Å². The van der Waals surface area contributed by atoms with E-state index in [0.29, 0.717) is 12.8 Å². The van der Waals surface area contributed by atoms with Crippen LogP contribution < -0.4 is 0 Å². The van der Waals surface area contributed by atoms with E-state index in [-0.39, 0.29) is 25.2 Å². The van der Waals surface area contributed by atoms with Crippen LogP contribution in [0.1, 0.15) is 264 Å². The Morgan fingerprint density at radius 2 is 0.698 bits per heavy atom. The van der Waals surface area contributed by atoms with E-state index in [9.17, 15) is 14.7 Å². The SMILES string of the molecule is CCCCCCCC/C=C/CCCCCCCCCCCC(=O)O[C@@H](CO)COC(=O)CCCCCCCCCCCCCCCCCCCCCC. The minimum absolute atomic E-state index is 0.0598. The van der Waals surface area contributed by atoms with Gasteiger partial charge in [0.2, 0.25) is 0 Å². The summed E-state index contributed by atoms with van der Waals surface area (Å²) in [5.41, 5.74) is 0. The minimum atomic E-state index is -0.767. The molecular weight excluding hydrogens is 657 g/mol. The Kier molecular flexibility index (Phi) is 43.9. The van der Waals surface area contributed by atoms with Gasteiger partial charge in [0.25, 0.3) is 0 Å². The van der Waals surface area contributed by atoms with Gasteiger partial charge >= 0.3 is 11.9 Å². The van der Waals surface area contributed by atoms with Crippen LogP contribution in [0.15, 0.2) is 12.2 Å². The van der Waals surface area contributed by atoms with Crippen LogP contribution in [0.2, 0.25) is 0 Å². The van der Waals surface area contributed by atoms with Crippen molar-refractivity contribution in [3.05, 3.63) is 12.2 Å². The number of esters is 2. The van der Waals surface area contributed by atoms with Crippen LogP contribution >= 0.6 is 0 Å². The number of ether oxygens (including phenoxy) is 2. The summed E-state index contributed by atoms with van der Waals surface area (Å²) in [7, 11) is 0. The molecule has 53 heavy (non-hydrogen) atoms. The third kappa shape index (κ3) is 43.2. The third-order valence-electron chi connectivity index (χ3n) is 10.8. The highest BCUT2D eigenvalue weighted by Gasteiger charge is 2.16. The van der Waals surface area contributed by atoms with Crippen molar-refractivity contribution in [2.24, 2.45) is 0 Å². The summed E-state index contributed by atoms with van der Waals surface area (Å²) in [6.45, 7) is 4.17. The highest BCUT2D eigenvalue weighted by atomic mass is 16.6. The van der Waals surface area contributed by atoms with Crippen LogP contribution in [0, 0.1) is 0 Å². The Balaban J connectivity index is 3.46. The maximum Gasteiger partial charge on any atom is 0.306 e. The summed E-state index contributed by atoms with van der Waals surface area (Å²) >= 11 is 0. The lowest BCUT2D eigenvalue weighted by molar-refractivity contribution is -0.161. The first-order chi connectivity index (χ1) is 26.1. The first-order valence-electron chi connectivity index (χ1n) is 23.7. The lowest BCUT2D eigenvalue weighted by Crippen LogP contribution is -2.28. The molecule has 1 N–H and O–H groups in total. The molecule has 5 nitrogen and oxygen atoms in total. The highest BCUT2D eigenvalue weighted by molar-refractivity contribution is 5.70. The summed E-state index contributed by atoms with van der Waals surface area (Å²) in [6.07, 6.45) is 52.9. The number of rotatable bonds is 44. The van der Waals surface area contributed by atoms with E-state index in [0.717, 1.165) is 32.1 Å². The van der Waals surface area contributed by atoms with Gasteiger partial charge in [-0.2, -0.15) is 0 Å². The number of hydrogen-bond donors (Lipinski definition) is 1. The van der Waals surface area contributed by atoms with Gasteiger partial charge in [-0.1, -0.05) is 225 Å². The molecule has 0 spiro atoms. The summed E-state index contributed by atoms with van der Waals surface area (Å²) in [4.78, 5) is 24.4. The molecule has 0 saturated heterocycles. The molecule has 0 aliphatic carbocycles. The predicted octanol–water partition coefficient (Wildman–Crippen LogP) is 15.2. The molecule has 0 saturated carbocycles. The van der Waals surface area contributed by atoms with E-state index in [1.54, 1.807) is 0 Å². The topological polar surface area (TPSA) is 72.8 Å². The van der Waals surface area contributed by atoms with Crippen molar-refractivity contribution in [2.75, 3.05) is 13.2 Å². The van der Waals surface area contributed by atoms with E-state index in [1.165, 1.54) is 205 Å². The van der Waals surface area contributed by atoms with Crippen LogP contribution in [0.3, 0.4) is 0 Å². The van der Waals surface area contributed by atoms with Crippen LogP contribution in [0.25, 0.3) is 0 Å². The predicted molar refractivity (Wildman–Crippen MR) is 228 cm³/mol. The van der Waals surface area contributed by atoms with Gasteiger partial charge in [0, 0.05) is 12.8 Å². The molecule has 0 aromatic heterocycles. The first-order valence-corrected chi connectivity index (χ1v) is 23.7. The molecule has 1 atom stereocenters. The lowest BCUT2D eigenvalue weighted by atomic mass is 10.0. The standard InChI is InChI=1S/C48H92O5/c1-3-5-7-9-11-13-15-17-19-21-23-25-26-28-30-32-34-36-38-40-42-47(50)52-45-46(44-49)53-48(51)43-41-39-37-35-33-31-29-27-24-22-20-18-16-14-12-10-8-6-4-2/h18,20,46,49H,3-17,19,21-45H2,1-2H3/b20-18+/t46-/m0/s1. The van der Waals surface area contributed by atoms with Gasteiger partial charge in [0.05, 0.1) is 6.61 Å². The Labute approximate surface area is 331 Å². The van der Waals surface area contributed by atoms with Gasteiger partial charge in [-0.3, -0.25) is 9.59 Å². The summed E-state index contributed by atoms with van der Waals surface area (Å²) < 4.78 is 10.7. The van der Waals surface area contributed by atoms with Crippen molar-refractivity contribution in [1.82, 2.24) is 0 Å². The largest absolute Gasteiger partial charge is 0.462 e. The highest BCUT2D eigenvalue weighted by Crippen LogP contribution is 2.16. The molecule has 0 bridgehead atoms. The molecule has 0 aromatic rings. The number of hydrogen-bond acceptors (Lipinski definition) is 5. The zero-order valence-electron chi connectivity index (χ0n) is 35.8. The zero-order valence-corrected chi connectivity index (χ0v) is 35.8. The van der Waals surface area contributed by atoms with Crippen molar-refractivity contribution in [3.8, 4) is 0 Å². The zero-order chi connectivity index (χ0) is 38.6. The van der Waals surface area contributed by atoms with E-state index >= 15 is 0 Å². The number of unbranched alkanes of at least 4 members (excludes halogenated alkanes) is 34. The van der Waals surface area contributed by atoms with E-state index in [2.05, 4.69) is 26.0 Å². The van der Waals surface area contributed by atoms with Crippen LogP contribution in [0.4, 0.5) is 0 Å². The van der Waals surface area contributed by atoms with Gasteiger partial charge in [-0.05, 0) is 38.5 Å². The molecule has 0 amide bonds. The third-order valence-corrected chi connectivity index (χ3v) is 10.8. The smallest absolute Gasteiger partial charge is 0.306 e. The molecule has 0 fully saturated rings. The van der Waals surface area contributed by atoms with Gasteiger partial charge in [0.1, 0.15) is 6.61 Å². The quantitative estimate of drug-likeness (QED) is 0.0381. The second kappa shape index (κ2) is 45.0. The number of carbonyl (C=O) groups is 2. The summed E-state index contributed by atoms with van der Waals surface area (Å²) in [6, 6.07) is 0. The van der Waals surface area contributed by atoms with Gasteiger partial charge < -0.3 is 14.6 Å². The Hall–Kier alpha value is -1.36. The number of aliphatic hydroxyl groups is 1. The molecule has 0 aliphatic rings. The number of allylic oxidation sites excluding steroid dienone is 2. The monoisotopic (exact) mass is 749 g/mol. The molecular formula is C48H92O5. The lowest BCUT2D eigenvalue weighted by Gasteiger charge is -2.15.